The molecule has 1 aromatic carbocycles. The summed E-state index contributed by atoms with van der Waals surface area (Å²) in [6.45, 7) is 2.23. The second kappa shape index (κ2) is 12.8. The van der Waals surface area contributed by atoms with Gasteiger partial charge in [0.15, 0.2) is 17.4 Å². The third-order valence-electron chi connectivity index (χ3n) is 5.58. The molecular weight excluding hydrogens is 384 g/mol. The van der Waals surface area contributed by atoms with Gasteiger partial charge in [0.2, 0.25) is 0 Å². The number of unbranched alkanes of at least 4 members (excludes halogenated alkanes) is 6. The molecule has 0 saturated heterocycles. The van der Waals surface area contributed by atoms with Crippen molar-refractivity contribution >= 4 is 5.78 Å². The van der Waals surface area contributed by atoms with Crippen LogP contribution in [0.1, 0.15) is 86.5 Å². The lowest BCUT2D eigenvalue weighted by Crippen LogP contribution is -2.00. The molecular formula is C27H34N2O2. The van der Waals surface area contributed by atoms with E-state index >= 15 is 0 Å². The van der Waals surface area contributed by atoms with E-state index < -0.39 is 0 Å². The number of carbonyl (C=O) groups excluding carboxylic acids is 1. The average Bonchev–Trinajstić information content (AvgIpc) is 3.29. The minimum atomic E-state index is 0.267. The maximum Gasteiger partial charge on any atom is 0.194 e. The lowest BCUT2D eigenvalue weighted by atomic mass is 9.99. The Morgan fingerprint density at radius 1 is 0.871 bits per heavy atom. The Hall–Kier alpha value is -2.75. The third-order valence-corrected chi connectivity index (χ3v) is 5.58. The Labute approximate surface area is 186 Å². The molecule has 0 aliphatic carbocycles. The van der Waals surface area contributed by atoms with Gasteiger partial charge in [-0.25, -0.2) is 4.98 Å². The summed E-state index contributed by atoms with van der Waals surface area (Å²) in [6.07, 6.45) is 15.1. The van der Waals surface area contributed by atoms with Crippen LogP contribution in [0.2, 0.25) is 0 Å². The first-order chi connectivity index (χ1) is 15.3. The Balaban J connectivity index is 1.32. The second-order valence-electron chi connectivity index (χ2n) is 8.18. The summed E-state index contributed by atoms with van der Waals surface area (Å²) in [5.74, 6) is 1.74. The summed E-state index contributed by atoms with van der Waals surface area (Å²) < 4.78 is 5.80. The maximum atomic E-state index is 12.5. The number of Topliss-reactive ketones (excluding diaryl/α,β-unsaturated/α-hetero) is 1. The molecule has 164 valence electrons. The second-order valence-corrected chi connectivity index (χ2v) is 8.18. The van der Waals surface area contributed by atoms with Crippen molar-refractivity contribution in [1.29, 1.82) is 0 Å². The number of hydrogen-bond donors (Lipinski definition) is 0. The van der Waals surface area contributed by atoms with Gasteiger partial charge < -0.3 is 4.42 Å². The van der Waals surface area contributed by atoms with E-state index in [-0.39, 0.29) is 5.78 Å². The molecule has 3 aromatic rings. The molecule has 0 fully saturated rings. The van der Waals surface area contributed by atoms with Crippen LogP contribution in [0.5, 0.6) is 0 Å². The number of benzene rings is 1. The van der Waals surface area contributed by atoms with E-state index in [1.165, 1.54) is 31.2 Å². The molecule has 0 N–H and O–H groups in total. The van der Waals surface area contributed by atoms with Gasteiger partial charge in [-0.05, 0) is 49.4 Å². The minimum absolute atomic E-state index is 0.267. The molecule has 0 saturated carbocycles. The van der Waals surface area contributed by atoms with Crippen LogP contribution in [0, 0.1) is 0 Å². The number of pyridine rings is 1. The van der Waals surface area contributed by atoms with Crippen LogP contribution in [0.3, 0.4) is 0 Å². The van der Waals surface area contributed by atoms with E-state index in [0.29, 0.717) is 12.2 Å². The Kier molecular flexibility index (Phi) is 9.49. The number of nitrogens with zero attached hydrogens (tertiary/aromatic N) is 2. The molecule has 4 nitrogen and oxygen atoms in total. The number of oxazole rings is 1. The van der Waals surface area contributed by atoms with Crippen molar-refractivity contribution in [2.75, 3.05) is 0 Å². The monoisotopic (exact) mass is 418 g/mol. The van der Waals surface area contributed by atoms with Gasteiger partial charge >= 0.3 is 0 Å². The van der Waals surface area contributed by atoms with Crippen molar-refractivity contribution in [2.45, 2.75) is 77.6 Å². The SMILES string of the molecule is CCCCCCc1cccc(C(=O)CCCCCCc2ncc(-c3ccccn3)o2)c1. The molecule has 0 atom stereocenters. The number of carbonyl (C=O) groups is 1. The molecule has 0 amide bonds. The van der Waals surface area contributed by atoms with Crippen LogP contribution < -0.4 is 0 Å². The highest BCUT2D eigenvalue weighted by molar-refractivity contribution is 5.96. The number of ketones is 1. The molecule has 0 aliphatic rings. The van der Waals surface area contributed by atoms with Crippen molar-refractivity contribution in [2.24, 2.45) is 0 Å². The number of aryl methyl sites for hydroxylation is 2. The first-order valence-corrected chi connectivity index (χ1v) is 11.7. The van der Waals surface area contributed by atoms with E-state index in [0.717, 1.165) is 55.7 Å². The van der Waals surface area contributed by atoms with E-state index in [4.69, 9.17) is 4.42 Å². The predicted molar refractivity (Wildman–Crippen MR) is 125 cm³/mol. The summed E-state index contributed by atoms with van der Waals surface area (Å²) >= 11 is 0. The highest BCUT2D eigenvalue weighted by atomic mass is 16.4. The molecule has 31 heavy (non-hydrogen) atoms. The smallest absolute Gasteiger partial charge is 0.194 e. The number of aromatic nitrogens is 2. The standard InChI is InChI=1S/C27H34N2O2/c1-2-3-4-7-13-22-14-12-15-23(20-22)25(30)17-8-5-6-9-18-27-29-21-26(31-27)24-16-10-11-19-28-24/h10-12,14-16,19-21H,2-9,13,17-18H2,1H3. The summed E-state index contributed by atoms with van der Waals surface area (Å²) in [5.41, 5.74) is 2.97. The van der Waals surface area contributed by atoms with Crippen LogP contribution >= 0.6 is 0 Å². The first-order valence-electron chi connectivity index (χ1n) is 11.7. The summed E-state index contributed by atoms with van der Waals surface area (Å²) in [6, 6.07) is 14.0. The molecule has 0 unspecified atom stereocenters. The number of hydrogen-bond acceptors (Lipinski definition) is 4. The van der Waals surface area contributed by atoms with E-state index in [2.05, 4.69) is 29.0 Å². The van der Waals surface area contributed by atoms with E-state index in [9.17, 15) is 4.79 Å². The predicted octanol–water partition coefficient (Wildman–Crippen LogP) is 7.24. The first kappa shape index (κ1) is 22.9. The fraction of sp³-hybridized carbons (Fsp3) is 0.444. The molecule has 0 aliphatic heterocycles. The quantitative estimate of drug-likeness (QED) is 0.205. The molecule has 4 heteroatoms. The molecule has 0 spiro atoms. The van der Waals surface area contributed by atoms with Gasteiger partial charge in [0.25, 0.3) is 0 Å². The van der Waals surface area contributed by atoms with Crippen LogP contribution in [0.15, 0.2) is 59.3 Å². The Bertz CT molecular complexity index is 918. The fourth-order valence-corrected chi connectivity index (χ4v) is 3.77. The highest BCUT2D eigenvalue weighted by Gasteiger charge is 2.08. The molecule has 0 bridgehead atoms. The largest absolute Gasteiger partial charge is 0.439 e. The van der Waals surface area contributed by atoms with Crippen molar-refractivity contribution in [3.05, 3.63) is 71.9 Å². The lowest BCUT2D eigenvalue weighted by molar-refractivity contribution is 0.0979. The van der Waals surface area contributed by atoms with Gasteiger partial charge in [-0.1, -0.05) is 63.3 Å². The van der Waals surface area contributed by atoms with Gasteiger partial charge in [-0.2, -0.15) is 0 Å². The van der Waals surface area contributed by atoms with Crippen LogP contribution in [0.4, 0.5) is 0 Å². The van der Waals surface area contributed by atoms with Crippen LogP contribution in [0.25, 0.3) is 11.5 Å². The molecule has 0 radical (unpaired) electrons. The average molecular weight is 419 g/mol. The van der Waals surface area contributed by atoms with E-state index in [1.807, 2.05) is 30.3 Å². The van der Waals surface area contributed by atoms with Crippen molar-refractivity contribution < 1.29 is 9.21 Å². The zero-order valence-corrected chi connectivity index (χ0v) is 18.7. The topological polar surface area (TPSA) is 56.0 Å². The highest BCUT2D eigenvalue weighted by Crippen LogP contribution is 2.19. The zero-order valence-electron chi connectivity index (χ0n) is 18.7. The third kappa shape index (κ3) is 7.78. The molecule has 2 heterocycles. The van der Waals surface area contributed by atoms with Gasteiger partial charge in [-0.15, -0.1) is 0 Å². The van der Waals surface area contributed by atoms with Crippen LogP contribution in [-0.2, 0) is 12.8 Å². The summed E-state index contributed by atoms with van der Waals surface area (Å²) in [5, 5.41) is 0. The van der Waals surface area contributed by atoms with Crippen molar-refractivity contribution in [3.8, 4) is 11.5 Å². The summed E-state index contributed by atoms with van der Waals surface area (Å²) in [7, 11) is 0. The Morgan fingerprint density at radius 2 is 1.71 bits per heavy atom. The number of rotatable bonds is 14. The van der Waals surface area contributed by atoms with Crippen molar-refractivity contribution in [3.63, 3.8) is 0 Å². The zero-order chi connectivity index (χ0) is 21.7. The molecule has 3 rings (SSSR count). The fourth-order valence-electron chi connectivity index (χ4n) is 3.77. The maximum absolute atomic E-state index is 12.5. The molecule has 2 aromatic heterocycles. The lowest BCUT2D eigenvalue weighted by Gasteiger charge is -2.05. The normalized spacial score (nSPS) is 11.0. The summed E-state index contributed by atoms with van der Waals surface area (Å²) in [4.78, 5) is 21.2. The van der Waals surface area contributed by atoms with Gasteiger partial charge in [0.05, 0.1) is 6.20 Å². The van der Waals surface area contributed by atoms with Crippen molar-refractivity contribution in [1.82, 2.24) is 9.97 Å². The van der Waals surface area contributed by atoms with Gasteiger partial charge in [-0.3, -0.25) is 9.78 Å². The Morgan fingerprint density at radius 3 is 2.55 bits per heavy atom. The van der Waals surface area contributed by atoms with Gasteiger partial charge in [0, 0.05) is 24.6 Å². The minimum Gasteiger partial charge on any atom is -0.439 e. The van der Waals surface area contributed by atoms with Crippen LogP contribution in [-0.4, -0.2) is 15.8 Å². The van der Waals surface area contributed by atoms with E-state index in [1.54, 1.807) is 12.4 Å². The van der Waals surface area contributed by atoms with Gasteiger partial charge in [0.1, 0.15) is 5.69 Å².